The molecule has 0 fully saturated rings. The molecule has 0 atom stereocenters. The molecule has 0 aromatic rings. The Labute approximate surface area is 177 Å². The normalized spacial score (nSPS) is 11.1. The van der Waals surface area contributed by atoms with Crippen LogP contribution in [-0.4, -0.2) is 12.6 Å². The molecule has 0 bridgehead atoms. The van der Waals surface area contributed by atoms with Crippen LogP contribution in [-0.2, 0) is 9.53 Å². The number of hydrogen-bond donors (Lipinski definition) is 0. The highest BCUT2D eigenvalue weighted by Gasteiger charge is 1.98. The Morgan fingerprint density at radius 3 is 1.04 bits per heavy atom. The highest BCUT2D eigenvalue weighted by molar-refractivity contribution is 5.68. The molecule has 0 unspecified atom stereocenters. The van der Waals surface area contributed by atoms with Crippen molar-refractivity contribution in [1.29, 1.82) is 0 Å². The van der Waals surface area contributed by atoms with E-state index in [-0.39, 0.29) is 5.97 Å². The van der Waals surface area contributed by atoms with Gasteiger partial charge in [0.1, 0.15) is 0 Å². The molecule has 2 nitrogen and oxygen atoms in total. The first kappa shape index (κ1) is 27.5. The minimum absolute atomic E-state index is 0.0619. The third-order valence-electron chi connectivity index (χ3n) is 5.80. The standard InChI is InChI=1S/C26H52O2/c1-3-5-6-7-8-9-10-11-12-13-14-15-16-17-18-19-20-21-22-23-24-25-28-26(27)4-2/h3-25H2,1-2H3. The van der Waals surface area contributed by atoms with Crippen LogP contribution in [0.4, 0.5) is 0 Å². The topological polar surface area (TPSA) is 26.3 Å². The van der Waals surface area contributed by atoms with Crippen molar-refractivity contribution in [3.05, 3.63) is 0 Å². The molecule has 0 aromatic heterocycles. The summed E-state index contributed by atoms with van der Waals surface area (Å²) < 4.78 is 5.09. The van der Waals surface area contributed by atoms with Gasteiger partial charge in [0, 0.05) is 6.42 Å². The fourth-order valence-corrected chi connectivity index (χ4v) is 3.82. The van der Waals surface area contributed by atoms with Crippen molar-refractivity contribution in [1.82, 2.24) is 0 Å². The molecule has 0 saturated heterocycles. The van der Waals surface area contributed by atoms with Crippen LogP contribution < -0.4 is 0 Å². The number of carbonyl (C=O) groups excluding carboxylic acids is 1. The summed E-state index contributed by atoms with van der Waals surface area (Å²) in [4.78, 5) is 11.0. The van der Waals surface area contributed by atoms with Crippen LogP contribution in [0, 0.1) is 0 Å². The SMILES string of the molecule is CCCCCCCCCCCCCCCCCCCCCCCOC(=O)CC. The van der Waals surface area contributed by atoms with Crippen molar-refractivity contribution >= 4 is 5.97 Å². The van der Waals surface area contributed by atoms with Gasteiger partial charge in [0.05, 0.1) is 6.61 Å². The third-order valence-corrected chi connectivity index (χ3v) is 5.80. The fourth-order valence-electron chi connectivity index (χ4n) is 3.82. The third kappa shape index (κ3) is 23.5. The second kappa shape index (κ2) is 24.5. The summed E-state index contributed by atoms with van der Waals surface area (Å²) in [5.41, 5.74) is 0. The van der Waals surface area contributed by atoms with E-state index in [1.165, 1.54) is 128 Å². The second-order valence-electron chi connectivity index (χ2n) is 8.65. The molecule has 0 rings (SSSR count). The van der Waals surface area contributed by atoms with Crippen molar-refractivity contribution in [3.63, 3.8) is 0 Å². The average Bonchev–Trinajstić information content (AvgIpc) is 2.71. The number of esters is 1. The molecule has 2 heteroatoms. The van der Waals surface area contributed by atoms with E-state index in [2.05, 4.69) is 6.92 Å². The zero-order valence-electron chi connectivity index (χ0n) is 19.6. The molecule has 0 amide bonds. The van der Waals surface area contributed by atoms with Gasteiger partial charge in [0.15, 0.2) is 0 Å². The Bertz CT molecular complexity index is 301. The summed E-state index contributed by atoms with van der Waals surface area (Å²) in [7, 11) is 0. The fraction of sp³-hybridized carbons (Fsp3) is 0.962. The molecule has 0 aliphatic carbocycles. The second-order valence-corrected chi connectivity index (χ2v) is 8.65. The lowest BCUT2D eigenvalue weighted by Gasteiger charge is -2.04. The minimum Gasteiger partial charge on any atom is -0.466 e. The quantitative estimate of drug-likeness (QED) is 0.127. The number of ether oxygens (including phenoxy) is 1. The molecule has 0 spiro atoms. The predicted octanol–water partition coefficient (Wildman–Crippen LogP) is 9.15. The van der Waals surface area contributed by atoms with Gasteiger partial charge in [0.25, 0.3) is 0 Å². The van der Waals surface area contributed by atoms with E-state index in [9.17, 15) is 4.79 Å². The van der Waals surface area contributed by atoms with Crippen LogP contribution in [0.2, 0.25) is 0 Å². The summed E-state index contributed by atoms with van der Waals surface area (Å²) in [6, 6.07) is 0. The van der Waals surface area contributed by atoms with E-state index in [0.717, 1.165) is 6.42 Å². The van der Waals surface area contributed by atoms with Crippen molar-refractivity contribution in [3.8, 4) is 0 Å². The van der Waals surface area contributed by atoms with Crippen LogP contribution in [0.15, 0.2) is 0 Å². The van der Waals surface area contributed by atoms with Gasteiger partial charge in [-0.05, 0) is 6.42 Å². The van der Waals surface area contributed by atoms with Crippen LogP contribution in [0.25, 0.3) is 0 Å². The van der Waals surface area contributed by atoms with E-state index in [0.29, 0.717) is 13.0 Å². The van der Waals surface area contributed by atoms with Crippen molar-refractivity contribution in [2.45, 2.75) is 155 Å². The molecule has 168 valence electrons. The summed E-state index contributed by atoms with van der Waals surface area (Å²) in [6.07, 6.45) is 29.9. The van der Waals surface area contributed by atoms with Crippen LogP contribution in [0.3, 0.4) is 0 Å². The van der Waals surface area contributed by atoms with Gasteiger partial charge < -0.3 is 4.74 Å². The lowest BCUT2D eigenvalue weighted by atomic mass is 10.0. The maximum Gasteiger partial charge on any atom is 0.305 e. The molecule has 0 aromatic carbocycles. The molecule has 0 N–H and O–H groups in total. The summed E-state index contributed by atoms with van der Waals surface area (Å²) in [5, 5.41) is 0. The minimum atomic E-state index is -0.0619. The Morgan fingerprint density at radius 2 is 0.750 bits per heavy atom. The largest absolute Gasteiger partial charge is 0.466 e. The van der Waals surface area contributed by atoms with E-state index >= 15 is 0 Å². The summed E-state index contributed by atoms with van der Waals surface area (Å²) in [5.74, 6) is -0.0619. The zero-order valence-corrected chi connectivity index (χ0v) is 19.6. The Balaban J connectivity index is 3.00. The molecular weight excluding hydrogens is 344 g/mol. The first-order chi connectivity index (χ1) is 13.8. The monoisotopic (exact) mass is 396 g/mol. The van der Waals surface area contributed by atoms with Gasteiger partial charge in [-0.25, -0.2) is 0 Å². The maximum absolute atomic E-state index is 11.0. The Hall–Kier alpha value is -0.530. The average molecular weight is 397 g/mol. The number of rotatable bonds is 23. The summed E-state index contributed by atoms with van der Waals surface area (Å²) in [6.45, 7) is 4.76. The highest BCUT2D eigenvalue weighted by Crippen LogP contribution is 2.15. The molecule has 0 radical (unpaired) electrons. The van der Waals surface area contributed by atoms with E-state index in [1.807, 2.05) is 6.92 Å². The lowest BCUT2D eigenvalue weighted by molar-refractivity contribution is -0.143. The Kier molecular flexibility index (Phi) is 24.0. The van der Waals surface area contributed by atoms with Gasteiger partial charge >= 0.3 is 5.97 Å². The van der Waals surface area contributed by atoms with E-state index in [1.54, 1.807) is 0 Å². The van der Waals surface area contributed by atoms with Gasteiger partial charge in [-0.15, -0.1) is 0 Å². The van der Waals surface area contributed by atoms with Gasteiger partial charge in [-0.2, -0.15) is 0 Å². The van der Waals surface area contributed by atoms with Gasteiger partial charge in [-0.3, -0.25) is 4.79 Å². The van der Waals surface area contributed by atoms with Crippen LogP contribution in [0.1, 0.15) is 155 Å². The number of carbonyl (C=O) groups is 1. The van der Waals surface area contributed by atoms with Crippen LogP contribution in [0.5, 0.6) is 0 Å². The van der Waals surface area contributed by atoms with E-state index in [4.69, 9.17) is 4.74 Å². The molecule has 0 aliphatic rings. The van der Waals surface area contributed by atoms with Gasteiger partial charge in [-0.1, -0.05) is 142 Å². The molecular formula is C26H52O2. The molecule has 28 heavy (non-hydrogen) atoms. The first-order valence-electron chi connectivity index (χ1n) is 13.0. The molecule has 0 saturated carbocycles. The maximum atomic E-state index is 11.0. The van der Waals surface area contributed by atoms with Crippen molar-refractivity contribution in [2.75, 3.05) is 6.61 Å². The Morgan fingerprint density at radius 1 is 0.464 bits per heavy atom. The summed E-state index contributed by atoms with van der Waals surface area (Å²) >= 11 is 0. The first-order valence-corrected chi connectivity index (χ1v) is 13.0. The van der Waals surface area contributed by atoms with Crippen LogP contribution >= 0.6 is 0 Å². The zero-order chi connectivity index (χ0) is 20.5. The lowest BCUT2D eigenvalue weighted by Crippen LogP contribution is -2.03. The smallest absolute Gasteiger partial charge is 0.305 e. The molecule has 0 aliphatic heterocycles. The van der Waals surface area contributed by atoms with Crippen molar-refractivity contribution < 1.29 is 9.53 Å². The van der Waals surface area contributed by atoms with Crippen molar-refractivity contribution in [2.24, 2.45) is 0 Å². The number of unbranched alkanes of at least 4 members (excludes halogenated alkanes) is 20. The molecule has 0 heterocycles. The predicted molar refractivity (Wildman–Crippen MR) is 124 cm³/mol. The highest BCUT2D eigenvalue weighted by atomic mass is 16.5. The van der Waals surface area contributed by atoms with E-state index < -0.39 is 0 Å². The number of hydrogen-bond acceptors (Lipinski definition) is 2. The van der Waals surface area contributed by atoms with Gasteiger partial charge in [0.2, 0.25) is 0 Å².